The van der Waals surface area contributed by atoms with Gasteiger partial charge in [-0.05, 0) is 18.9 Å². The molecule has 12 nitrogen and oxygen atoms in total. The standard InChI is InChI=1S/C23H26N6O6/c1-33-14-5-4-12(17(34-2)18(14)35-3)15-13(10-24)21(31)26-20-16(15)22(32)28-23(27-20)29-8-6-11(7-9-29)19(25)30/h4-5,11,13,15H,6-9H2,1-3H3,(H2,25,30)(H2,26,27,28,31,32). The number of nitrogens with zero attached hydrogens (tertiary/aromatic N) is 3. The number of nitrogens with two attached hydrogens (primary N) is 1. The van der Waals surface area contributed by atoms with Crippen LogP contribution in [0.4, 0.5) is 11.8 Å². The smallest absolute Gasteiger partial charge is 0.258 e. The van der Waals surface area contributed by atoms with Crippen LogP contribution in [-0.2, 0) is 9.59 Å². The predicted octanol–water partition coefficient (Wildman–Crippen LogP) is 0.721. The van der Waals surface area contributed by atoms with E-state index in [2.05, 4.69) is 15.3 Å². The van der Waals surface area contributed by atoms with Gasteiger partial charge >= 0.3 is 0 Å². The first-order chi connectivity index (χ1) is 16.8. The highest BCUT2D eigenvalue weighted by atomic mass is 16.5. The van der Waals surface area contributed by atoms with Gasteiger partial charge in [0, 0.05) is 30.5 Å². The van der Waals surface area contributed by atoms with Crippen LogP contribution in [0, 0.1) is 23.2 Å². The first-order valence-electron chi connectivity index (χ1n) is 11.0. The maximum absolute atomic E-state index is 13.4. The number of nitrogens with one attached hydrogen (secondary N) is 2. The minimum atomic E-state index is -1.21. The van der Waals surface area contributed by atoms with Crippen molar-refractivity contribution in [2.45, 2.75) is 18.8 Å². The van der Waals surface area contributed by atoms with E-state index in [9.17, 15) is 19.6 Å². The largest absolute Gasteiger partial charge is 0.493 e. The Labute approximate surface area is 201 Å². The Morgan fingerprint density at radius 1 is 1.14 bits per heavy atom. The van der Waals surface area contributed by atoms with Gasteiger partial charge in [0.05, 0.1) is 33.0 Å². The third-order valence-electron chi connectivity index (χ3n) is 6.52. The van der Waals surface area contributed by atoms with E-state index in [1.807, 2.05) is 11.0 Å². The number of hydrogen-bond donors (Lipinski definition) is 3. The lowest BCUT2D eigenvalue weighted by atomic mass is 9.78. The number of carbonyl (C=O) groups excluding carboxylic acids is 2. The fraction of sp³-hybridized carbons (Fsp3) is 0.435. The minimum Gasteiger partial charge on any atom is -0.493 e. The number of hydrogen-bond acceptors (Lipinski definition) is 9. The molecule has 2 aliphatic rings. The number of primary amides is 1. The molecule has 1 fully saturated rings. The van der Waals surface area contributed by atoms with Crippen molar-refractivity contribution in [3.63, 3.8) is 0 Å². The lowest BCUT2D eigenvalue weighted by molar-refractivity contribution is -0.122. The van der Waals surface area contributed by atoms with Crippen molar-refractivity contribution in [1.82, 2.24) is 9.97 Å². The summed E-state index contributed by atoms with van der Waals surface area (Å²) < 4.78 is 16.4. The molecule has 0 bridgehead atoms. The number of anilines is 2. The Morgan fingerprint density at radius 3 is 2.40 bits per heavy atom. The van der Waals surface area contributed by atoms with E-state index in [4.69, 9.17) is 19.9 Å². The van der Waals surface area contributed by atoms with Gasteiger partial charge in [0.1, 0.15) is 11.7 Å². The summed E-state index contributed by atoms with van der Waals surface area (Å²) in [7, 11) is 4.34. The highest BCUT2D eigenvalue weighted by Gasteiger charge is 2.42. The van der Waals surface area contributed by atoms with E-state index in [0.29, 0.717) is 37.2 Å². The summed E-state index contributed by atoms with van der Waals surface area (Å²) in [6.07, 6.45) is 1.06. The van der Waals surface area contributed by atoms with Crippen molar-refractivity contribution >= 4 is 23.6 Å². The molecule has 2 unspecified atom stereocenters. The van der Waals surface area contributed by atoms with Crippen LogP contribution in [0.15, 0.2) is 16.9 Å². The van der Waals surface area contributed by atoms with E-state index < -0.39 is 23.3 Å². The minimum absolute atomic E-state index is 0.0686. The third-order valence-corrected chi connectivity index (χ3v) is 6.52. The summed E-state index contributed by atoms with van der Waals surface area (Å²) in [5, 5.41) is 12.4. The van der Waals surface area contributed by atoms with Gasteiger partial charge < -0.3 is 30.2 Å². The highest BCUT2D eigenvalue weighted by molar-refractivity contribution is 5.98. The number of benzene rings is 1. The molecule has 2 amide bonds. The van der Waals surface area contributed by atoms with Crippen LogP contribution in [0.5, 0.6) is 17.2 Å². The number of aromatic nitrogens is 2. The quantitative estimate of drug-likeness (QED) is 0.536. The molecular formula is C23H26N6O6. The number of H-pyrrole nitrogens is 1. The van der Waals surface area contributed by atoms with E-state index in [-0.39, 0.29) is 40.7 Å². The van der Waals surface area contributed by atoms with Crippen LogP contribution in [0.3, 0.4) is 0 Å². The van der Waals surface area contributed by atoms with Crippen LogP contribution in [0.25, 0.3) is 0 Å². The number of fused-ring (bicyclic) bond motifs is 1. The monoisotopic (exact) mass is 482 g/mol. The van der Waals surface area contributed by atoms with Crippen molar-refractivity contribution in [3.05, 3.63) is 33.6 Å². The van der Waals surface area contributed by atoms with Gasteiger partial charge in [-0.15, -0.1) is 0 Å². The molecule has 1 saturated heterocycles. The second-order valence-corrected chi connectivity index (χ2v) is 8.31. The van der Waals surface area contributed by atoms with Gasteiger partial charge in [-0.3, -0.25) is 19.4 Å². The molecule has 2 aliphatic heterocycles. The summed E-state index contributed by atoms with van der Waals surface area (Å²) in [4.78, 5) is 46.9. The second kappa shape index (κ2) is 9.54. The van der Waals surface area contributed by atoms with E-state index in [1.165, 1.54) is 21.3 Å². The molecule has 4 N–H and O–H groups in total. The molecule has 4 rings (SSSR count). The topological polar surface area (TPSA) is 173 Å². The fourth-order valence-corrected chi connectivity index (χ4v) is 4.73. The van der Waals surface area contributed by atoms with Crippen LogP contribution in [0.1, 0.15) is 29.9 Å². The molecular weight excluding hydrogens is 456 g/mol. The predicted molar refractivity (Wildman–Crippen MR) is 125 cm³/mol. The summed E-state index contributed by atoms with van der Waals surface area (Å²) in [5.74, 6) is -2.10. The van der Waals surface area contributed by atoms with Crippen molar-refractivity contribution < 1.29 is 23.8 Å². The number of ether oxygens (including phenoxy) is 3. The van der Waals surface area contributed by atoms with Gasteiger partial charge in [-0.2, -0.15) is 10.2 Å². The Hall–Kier alpha value is -4.27. The Bertz CT molecular complexity index is 1260. The normalized spacial score (nSPS) is 19.8. The molecule has 1 aromatic heterocycles. The number of amides is 2. The molecule has 0 spiro atoms. The van der Waals surface area contributed by atoms with Gasteiger partial charge in [-0.25, -0.2) is 0 Å². The van der Waals surface area contributed by atoms with E-state index in [0.717, 1.165) is 0 Å². The zero-order valence-electron chi connectivity index (χ0n) is 19.6. The molecule has 35 heavy (non-hydrogen) atoms. The van der Waals surface area contributed by atoms with Crippen molar-refractivity contribution in [2.24, 2.45) is 17.6 Å². The van der Waals surface area contributed by atoms with E-state index >= 15 is 0 Å². The molecule has 0 aliphatic carbocycles. The maximum atomic E-state index is 13.4. The van der Waals surface area contributed by atoms with Crippen LogP contribution >= 0.6 is 0 Å². The molecule has 12 heteroatoms. The lowest BCUT2D eigenvalue weighted by Gasteiger charge is -2.33. The molecule has 2 aromatic rings. The average molecular weight is 482 g/mol. The van der Waals surface area contributed by atoms with Crippen molar-refractivity contribution in [2.75, 3.05) is 44.6 Å². The zero-order valence-corrected chi connectivity index (χ0v) is 19.6. The van der Waals surface area contributed by atoms with Crippen molar-refractivity contribution in [1.29, 1.82) is 5.26 Å². The molecule has 0 saturated carbocycles. The number of rotatable bonds is 6. The Balaban J connectivity index is 1.82. The van der Waals surface area contributed by atoms with Crippen LogP contribution in [0.2, 0.25) is 0 Å². The van der Waals surface area contributed by atoms with Crippen LogP contribution in [-0.4, -0.2) is 56.2 Å². The highest BCUT2D eigenvalue weighted by Crippen LogP contribution is 2.48. The first-order valence-corrected chi connectivity index (χ1v) is 11.0. The van der Waals surface area contributed by atoms with Crippen LogP contribution < -0.4 is 35.7 Å². The number of carbonyl (C=O) groups is 2. The van der Waals surface area contributed by atoms with Gasteiger partial charge in [0.15, 0.2) is 11.5 Å². The fourth-order valence-electron chi connectivity index (χ4n) is 4.73. The van der Waals surface area contributed by atoms with E-state index in [1.54, 1.807) is 12.1 Å². The molecule has 0 radical (unpaired) electrons. The first kappa shape index (κ1) is 23.9. The summed E-state index contributed by atoms with van der Waals surface area (Å²) >= 11 is 0. The number of aromatic amines is 1. The Morgan fingerprint density at radius 2 is 1.83 bits per heavy atom. The van der Waals surface area contributed by atoms with Gasteiger partial charge in [-0.1, -0.05) is 6.07 Å². The number of methoxy groups -OCH3 is 3. The zero-order chi connectivity index (χ0) is 25.3. The molecule has 184 valence electrons. The SMILES string of the molecule is COc1ccc(C2c3c(nc(N4CCC(C(N)=O)CC4)[nH]c3=O)NC(=O)C2C#N)c(OC)c1OC. The van der Waals surface area contributed by atoms with Gasteiger partial charge in [0.2, 0.25) is 23.5 Å². The summed E-state index contributed by atoms with van der Waals surface area (Å²) in [6, 6.07) is 5.27. The molecule has 1 aromatic carbocycles. The second-order valence-electron chi connectivity index (χ2n) is 8.31. The summed E-state index contributed by atoms with van der Waals surface area (Å²) in [6.45, 7) is 0.939. The molecule has 2 atom stereocenters. The molecule has 3 heterocycles. The average Bonchev–Trinajstić information content (AvgIpc) is 2.86. The number of nitriles is 1. The number of piperidine rings is 1. The van der Waals surface area contributed by atoms with Gasteiger partial charge in [0.25, 0.3) is 5.56 Å². The maximum Gasteiger partial charge on any atom is 0.258 e. The third kappa shape index (κ3) is 4.09. The van der Waals surface area contributed by atoms with Crippen molar-refractivity contribution in [3.8, 4) is 23.3 Å². The summed E-state index contributed by atoms with van der Waals surface area (Å²) in [5.41, 5.74) is 5.46. The Kier molecular flexibility index (Phi) is 6.50. The lowest BCUT2D eigenvalue weighted by Crippen LogP contribution is -2.42.